The Bertz CT molecular complexity index is 550. The molecule has 1 fully saturated rings. The number of rotatable bonds is 4. The number of nitrogens with one attached hydrogen (secondary N) is 2. The SMILES string of the molecule is CCC1C(=O)NCCN1CC(=O)Nc1ccc(N)cc1Br. The van der Waals surface area contributed by atoms with Gasteiger partial charge in [-0.25, -0.2) is 0 Å². The monoisotopic (exact) mass is 354 g/mol. The fraction of sp³-hybridized carbons (Fsp3) is 0.429. The lowest BCUT2D eigenvalue weighted by molar-refractivity contribution is -0.130. The van der Waals surface area contributed by atoms with Gasteiger partial charge in [-0.1, -0.05) is 6.92 Å². The molecule has 0 bridgehead atoms. The van der Waals surface area contributed by atoms with Crippen LogP contribution in [0.1, 0.15) is 13.3 Å². The molecule has 1 aromatic carbocycles. The van der Waals surface area contributed by atoms with Crippen LogP contribution in [0.5, 0.6) is 0 Å². The van der Waals surface area contributed by atoms with Crippen molar-refractivity contribution < 1.29 is 9.59 Å². The molecule has 1 heterocycles. The Morgan fingerprint density at radius 2 is 2.33 bits per heavy atom. The molecule has 1 saturated heterocycles. The zero-order valence-corrected chi connectivity index (χ0v) is 13.4. The summed E-state index contributed by atoms with van der Waals surface area (Å²) in [5, 5.41) is 5.65. The third-order valence-electron chi connectivity index (χ3n) is 3.44. The van der Waals surface area contributed by atoms with Crippen LogP contribution in [0.2, 0.25) is 0 Å². The third-order valence-corrected chi connectivity index (χ3v) is 4.10. The van der Waals surface area contributed by atoms with Crippen LogP contribution in [0.25, 0.3) is 0 Å². The fourth-order valence-electron chi connectivity index (χ4n) is 2.40. The molecular weight excluding hydrogens is 336 g/mol. The van der Waals surface area contributed by atoms with Crippen molar-refractivity contribution in [3.63, 3.8) is 0 Å². The number of piperazine rings is 1. The minimum Gasteiger partial charge on any atom is -0.399 e. The summed E-state index contributed by atoms with van der Waals surface area (Å²) in [4.78, 5) is 25.8. The molecular formula is C14H19BrN4O2. The molecule has 1 aliphatic heterocycles. The molecule has 1 atom stereocenters. The first-order valence-electron chi connectivity index (χ1n) is 6.88. The number of halogens is 1. The lowest BCUT2D eigenvalue weighted by Gasteiger charge is -2.33. The highest BCUT2D eigenvalue weighted by Crippen LogP contribution is 2.24. The van der Waals surface area contributed by atoms with Gasteiger partial charge in [-0.15, -0.1) is 0 Å². The molecule has 2 rings (SSSR count). The van der Waals surface area contributed by atoms with Crippen LogP contribution >= 0.6 is 15.9 Å². The molecule has 0 radical (unpaired) electrons. The van der Waals surface area contributed by atoms with Crippen LogP contribution in [0, 0.1) is 0 Å². The number of hydrogen-bond acceptors (Lipinski definition) is 4. The van der Waals surface area contributed by atoms with Crippen molar-refractivity contribution >= 4 is 39.1 Å². The highest BCUT2D eigenvalue weighted by atomic mass is 79.9. The van der Waals surface area contributed by atoms with Crippen molar-refractivity contribution in [3.8, 4) is 0 Å². The van der Waals surface area contributed by atoms with E-state index in [9.17, 15) is 9.59 Å². The van der Waals surface area contributed by atoms with Gasteiger partial charge in [0, 0.05) is 23.2 Å². The Morgan fingerprint density at radius 3 is 3.00 bits per heavy atom. The molecule has 6 nitrogen and oxygen atoms in total. The van der Waals surface area contributed by atoms with Gasteiger partial charge in [0.15, 0.2) is 0 Å². The van der Waals surface area contributed by atoms with Gasteiger partial charge < -0.3 is 16.4 Å². The average Bonchev–Trinajstić information content (AvgIpc) is 2.42. The van der Waals surface area contributed by atoms with E-state index >= 15 is 0 Å². The molecule has 0 saturated carbocycles. The van der Waals surface area contributed by atoms with Gasteiger partial charge in [0.1, 0.15) is 0 Å². The molecule has 1 aliphatic rings. The molecule has 21 heavy (non-hydrogen) atoms. The molecule has 7 heteroatoms. The van der Waals surface area contributed by atoms with Crippen LogP contribution in [0.4, 0.5) is 11.4 Å². The van der Waals surface area contributed by atoms with E-state index < -0.39 is 0 Å². The zero-order valence-electron chi connectivity index (χ0n) is 11.9. The molecule has 2 amide bonds. The Hall–Kier alpha value is -1.60. The van der Waals surface area contributed by atoms with Gasteiger partial charge in [0.05, 0.1) is 18.3 Å². The predicted molar refractivity (Wildman–Crippen MR) is 85.8 cm³/mol. The fourth-order valence-corrected chi connectivity index (χ4v) is 2.90. The topological polar surface area (TPSA) is 87.5 Å². The number of nitrogen functional groups attached to an aromatic ring is 1. The smallest absolute Gasteiger partial charge is 0.238 e. The molecule has 0 aromatic heterocycles. The van der Waals surface area contributed by atoms with Crippen molar-refractivity contribution in [1.29, 1.82) is 0 Å². The van der Waals surface area contributed by atoms with Crippen molar-refractivity contribution in [1.82, 2.24) is 10.2 Å². The third kappa shape index (κ3) is 3.95. The highest BCUT2D eigenvalue weighted by Gasteiger charge is 2.29. The second-order valence-electron chi connectivity index (χ2n) is 4.97. The van der Waals surface area contributed by atoms with Crippen molar-refractivity contribution in [2.45, 2.75) is 19.4 Å². The van der Waals surface area contributed by atoms with Crippen LogP contribution in [0.15, 0.2) is 22.7 Å². The number of nitrogens with zero attached hydrogens (tertiary/aromatic N) is 1. The lowest BCUT2D eigenvalue weighted by Crippen LogP contribution is -2.56. The van der Waals surface area contributed by atoms with E-state index in [0.29, 0.717) is 30.9 Å². The van der Waals surface area contributed by atoms with Gasteiger partial charge in [0.25, 0.3) is 0 Å². The molecule has 1 aromatic rings. The standard InChI is InChI=1S/C14H19BrN4O2/c1-2-12-14(21)17-5-6-19(12)8-13(20)18-11-4-3-9(16)7-10(11)15/h3-4,7,12H,2,5-6,8,16H2,1H3,(H,17,21)(H,18,20). The molecule has 4 N–H and O–H groups in total. The summed E-state index contributed by atoms with van der Waals surface area (Å²) in [7, 11) is 0. The number of hydrogen-bond donors (Lipinski definition) is 3. The summed E-state index contributed by atoms with van der Waals surface area (Å²) >= 11 is 3.36. The summed E-state index contributed by atoms with van der Waals surface area (Å²) < 4.78 is 0.735. The van der Waals surface area contributed by atoms with Crippen molar-refractivity contribution in [3.05, 3.63) is 22.7 Å². The Labute approximate surface area is 132 Å². The Kier molecular flexibility index (Phi) is 5.19. The molecule has 0 spiro atoms. The van der Waals surface area contributed by atoms with E-state index in [0.717, 1.165) is 4.47 Å². The summed E-state index contributed by atoms with van der Waals surface area (Å²) in [6, 6.07) is 4.97. The molecule has 1 unspecified atom stereocenters. The first kappa shape index (κ1) is 15.8. The summed E-state index contributed by atoms with van der Waals surface area (Å²) in [6.45, 7) is 3.40. The Balaban J connectivity index is 1.99. The predicted octanol–water partition coefficient (Wildman–Crippen LogP) is 1.18. The summed E-state index contributed by atoms with van der Waals surface area (Å²) in [5.41, 5.74) is 6.96. The first-order valence-corrected chi connectivity index (χ1v) is 7.67. The maximum Gasteiger partial charge on any atom is 0.238 e. The van der Waals surface area contributed by atoms with Crippen LogP contribution < -0.4 is 16.4 Å². The number of amides is 2. The van der Waals surface area contributed by atoms with Crippen molar-refractivity contribution in [2.24, 2.45) is 0 Å². The first-order chi connectivity index (χ1) is 10.0. The number of nitrogens with two attached hydrogens (primary N) is 1. The normalized spacial score (nSPS) is 19.1. The maximum atomic E-state index is 12.1. The van der Waals surface area contributed by atoms with E-state index in [1.54, 1.807) is 18.2 Å². The van der Waals surface area contributed by atoms with Crippen LogP contribution in [-0.2, 0) is 9.59 Å². The number of carbonyl (C=O) groups is 2. The quantitative estimate of drug-likeness (QED) is 0.708. The van der Waals surface area contributed by atoms with E-state index in [4.69, 9.17) is 5.73 Å². The van der Waals surface area contributed by atoms with E-state index in [-0.39, 0.29) is 24.4 Å². The second kappa shape index (κ2) is 6.91. The highest BCUT2D eigenvalue weighted by molar-refractivity contribution is 9.10. The summed E-state index contributed by atoms with van der Waals surface area (Å²) in [6.07, 6.45) is 0.685. The molecule has 114 valence electrons. The van der Waals surface area contributed by atoms with E-state index in [1.165, 1.54) is 0 Å². The minimum absolute atomic E-state index is 0.00906. The van der Waals surface area contributed by atoms with Gasteiger partial charge in [0.2, 0.25) is 11.8 Å². The number of carbonyl (C=O) groups excluding carboxylic acids is 2. The minimum atomic E-state index is -0.237. The van der Waals surface area contributed by atoms with E-state index in [1.807, 2.05) is 11.8 Å². The largest absolute Gasteiger partial charge is 0.399 e. The van der Waals surface area contributed by atoms with E-state index in [2.05, 4.69) is 26.6 Å². The van der Waals surface area contributed by atoms with Gasteiger partial charge in [-0.3, -0.25) is 14.5 Å². The van der Waals surface area contributed by atoms with Crippen LogP contribution in [0.3, 0.4) is 0 Å². The second-order valence-corrected chi connectivity index (χ2v) is 5.83. The number of anilines is 2. The van der Waals surface area contributed by atoms with Gasteiger partial charge in [-0.2, -0.15) is 0 Å². The maximum absolute atomic E-state index is 12.1. The van der Waals surface area contributed by atoms with Crippen LogP contribution in [-0.4, -0.2) is 42.4 Å². The van der Waals surface area contributed by atoms with Gasteiger partial charge in [-0.05, 0) is 40.5 Å². The van der Waals surface area contributed by atoms with Gasteiger partial charge >= 0.3 is 0 Å². The summed E-state index contributed by atoms with van der Waals surface area (Å²) in [5.74, 6) is -0.154. The lowest BCUT2D eigenvalue weighted by atomic mass is 10.1. The average molecular weight is 355 g/mol. The Morgan fingerprint density at radius 1 is 1.57 bits per heavy atom. The van der Waals surface area contributed by atoms with Crippen molar-refractivity contribution in [2.75, 3.05) is 30.7 Å². The zero-order chi connectivity index (χ0) is 15.4. The number of benzene rings is 1. The molecule has 0 aliphatic carbocycles.